The van der Waals surface area contributed by atoms with E-state index in [4.69, 9.17) is 9.15 Å². The van der Waals surface area contributed by atoms with Crippen LogP contribution in [0.25, 0.3) is 11.5 Å². The summed E-state index contributed by atoms with van der Waals surface area (Å²) < 4.78 is 39.1. The van der Waals surface area contributed by atoms with E-state index in [0.717, 1.165) is 11.3 Å². The number of nitrogens with zero attached hydrogens (tertiary/aromatic N) is 5. The molecule has 10 heteroatoms. The third-order valence-electron chi connectivity index (χ3n) is 5.47. The van der Waals surface area contributed by atoms with E-state index in [1.165, 1.54) is 10.6 Å². The van der Waals surface area contributed by atoms with E-state index < -0.39 is 10.0 Å². The van der Waals surface area contributed by atoms with Gasteiger partial charge in [-0.05, 0) is 57.4 Å². The van der Waals surface area contributed by atoms with Crippen molar-refractivity contribution in [1.29, 1.82) is 0 Å². The Morgan fingerprint density at radius 1 is 1.19 bits per heavy atom. The molecule has 0 bridgehead atoms. The van der Waals surface area contributed by atoms with E-state index >= 15 is 0 Å². The van der Waals surface area contributed by atoms with Crippen molar-refractivity contribution >= 4 is 10.0 Å². The van der Waals surface area contributed by atoms with Gasteiger partial charge in [0.25, 0.3) is 5.89 Å². The molecule has 2 aromatic heterocycles. The van der Waals surface area contributed by atoms with Crippen molar-refractivity contribution in [3.05, 3.63) is 47.9 Å². The molecule has 1 aromatic carbocycles. The van der Waals surface area contributed by atoms with Gasteiger partial charge in [0.2, 0.25) is 15.9 Å². The molecule has 0 spiro atoms. The molecule has 9 nitrogen and oxygen atoms in total. The highest BCUT2D eigenvalue weighted by Gasteiger charge is 2.32. The summed E-state index contributed by atoms with van der Waals surface area (Å²) >= 11 is 0. The van der Waals surface area contributed by atoms with Crippen LogP contribution in [0.2, 0.25) is 0 Å². The molecule has 4 rings (SSSR count). The molecule has 1 aliphatic heterocycles. The molecule has 0 atom stereocenters. The van der Waals surface area contributed by atoms with Crippen LogP contribution in [-0.4, -0.2) is 52.6 Å². The molecular weight excluding hydrogens is 418 g/mol. The first-order valence-corrected chi connectivity index (χ1v) is 11.7. The number of ether oxygens (including phenoxy) is 1. The van der Waals surface area contributed by atoms with Gasteiger partial charge in [-0.15, -0.1) is 10.2 Å². The fourth-order valence-corrected chi connectivity index (χ4v) is 5.26. The number of rotatable bonds is 6. The van der Waals surface area contributed by atoms with Gasteiger partial charge in [-0.25, -0.2) is 18.4 Å². The number of aryl methyl sites for hydroxylation is 2. The smallest absolute Gasteiger partial charge is 0.251 e. The Morgan fingerprint density at radius 3 is 2.65 bits per heavy atom. The highest BCUT2D eigenvalue weighted by atomic mass is 32.2. The Balaban J connectivity index is 1.45. The minimum absolute atomic E-state index is 0.0136. The molecule has 3 aromatic rings. The summed E-state index contributed by atoms with van der Waals surface area (Å²) in [6.45, 7) is 6.93. The number of hydrogen-bond donors (Lipinski definition) is 0. The van der Waals surface area contributed by atoms with Crippen LogP contribution < -0.4 is 4.74 Å². The van der Waals surface area contributed by atoms with Gasteiger partial charge in [0.05, 0.1) is 22.8 Å². The standard InChI is InChI=1S/C21H25N5O4S/c1-4-29-19-6-5-17(11-14(19)2)31(27,28)26-9-7-16(8-10-26)20-24-25-21(30-20)18-12-22-13-23-15(18)3/h5-6,11-13,16H,4,7-10H2,1-3H3. The Morgan fingerprint density at radius 2 is 1.97 bits per heavy atom. The largest absolute Gasteiger partial charge is 0.494 e. The first-order valence-electron chi connectivity index (χ1n) is 10.2. The molecule has 1 saturated heterocycles. The van der Waals surface area contributed by atoms with E-state index in [0.29, 0.717) is 55.6 Å². The topological polar surface area (TPSA) is 111 Å². The van der Waals surface area contributed by atoms with Gasteiger partial charge in [0.1, 0.15) is 12.1 Å². The van der Waals surface area contributed by atoms with E-state index in [-0.39, 0.29) is 10.8 Å². The zero-order valence-electron chi connectivity index (χ0n) is 17.8. The number of piperidine rings is 1. The van der Waals surface area contributed by atoms with E-state index in [9.17, 15) is 8.42 Å². The van der Waals surface area contributed by atoms with Crippen LogP contribution in [0.3, 0.4) is 0 Å². The van der Waals surface area contributed by atoms with Crippen LogP contribution in [0.4, 0.5) is 0 Å². The lowest BCUT2D eigenvalue weighted by Gasteiger charge is -2.29. The highest BCUT2D eigenvalue weighted by molar-refractivity contribution is 7.89. The fraction of sp³-hybridized carbons (Fsp3) is 0.429. The van der Waals surface area contributed by atoms with Crippen LogP contribution in [0.5, 0.6) is 5.75 Å². The number of aromatic nitrogens is 4. The first-order chi connectivity index (χ1) is 14.9. The van der Waals surface area contributed by atoms with Crippen molar-refractivity contribution < 1.29 is 17.6 Å². The normalized spacial score (nSPS) is 15.8. The Bertz CT molecular complexity index is 1170. The monoisotopic (exact) mass is 443 g/mol. The zero-order valence-corrected chi connectivity index (χ0v) is 18.6. The second-order valence-corrected chi connectivity index (χ2v) is 9.44. The van der Waals surface area contributed by atoms with Crippen molar-refractivity contribution in [2.45, 2.75) is 44.4 Å². The molecule has 0 aliphatic carbocycles. The lowest BCUT2D eigenvalue weighted by molar-refractivity contribution is 0.291. The second-order valence-electron chi connectivity index (χ2n) is 7.51. The molecule has 1 fully saturated rings. The van der Waals surface area contributed by atoms with Gasteiger partial charge in [-0.3, -0.25) is 0 Å². The molecule has 0 radical (unpaired) electrons. The zero-order chi connectivity index (χ0) is 22.0. The molecule has 0 unspecified atom stereocenters. The maximum Gasteiger partial charge on any atom is 0.251 e. The van der Waals surface area contributed by atoms with Gasteiger partial charge in [-0.2, -0.15) is 4.31 Å². The lowest BCUT2D eigenvalue weighted by Crippen LogP contribution is -2.38. The SMILES string of the molecule is CCOc1ccc(S(=O)(=O)N2CCC(c3nnc(-c4cncnc4C)o3)CC2)cc1C. The molecule has 0 saturated carbocycles. The van der Waals surface area contributed by atoms with Crippen LogP contribution >= 0.6 is 0 Å². The molecule has 0 N–H and O–H groups in total. The van der Waals surface area contributed by atoms with Gasteiger partial charge < -0.3 is 9.15 Å². The molecule has 3 heterocycles. The average Bonchev–Trinajstić information content (AvgIpc) is 3.25. The molecule has 31 heavy (non-hydrogen) atoms. The predicted octanol–water partition coefficient (Wildman–Crippen LogP) is 3.11. The summed E-state index contributed by atoms with van der Waals surface area (Å²) in [5.74, 6) is 1.62. The van der Waals surface area contributed by atoms with E-state index in [1.807, 2.05) is 20.8 Å². The summed E-state index contributed by atoms with van der Waals surface area (Å²) in [5.41, 5.74) is 2.26. The average molecular weight is 444 g/mol. The van der Waals surface area contributed by atoms with Crippen LogP contribution in [0.15, 0.2) is 40.0 Å². The minimum atomic E-state index is -3.57. The Hall–Kier alpha value is -2.85. The van der Waals surface area contributed by atoms with Crippen LogP contribution in [0, 0.1) is 13.8 Å². The van der Waals surface area contributed by atoms with Crippen molar-refractivity contribution in [3.8, 4) is 17.2 Å². The van der Waals surface area contributed by atoms with E-state index in [2.05, 4.69) is 20.2 Å². The highest BCUT2D eigenvalue weighted by Crippen LogP contribution is 2.32. The predicted molar refractivity (Wildman–Crippen MR) is 113 cm³/mol. The maximum atomic E-state index is 13.1. The number of benzene rings is 1. The van der Waals surface area contributed by atoms with Crippen molar-refractivity contribution in [3.63, 3.8) is 0 Å². The summed E-state index contributed by atoms with van der Waals surface area (Å²) in [4.78, 5) is 8.44. The molecule has 0 amide bonds. The third-order valence-corrected chi connectivity index (χ3v) is 7.36. The minimum Gasteiger partial charge on any atom is -0.494 e. The van der Waals surface area contributed by atoms with E-state index in [1.54, 1.807) is 24.4 Å². The summed E-state index contributed by atoms with van der Waals surface area (Å²) in [5, 5.41) is 8.32. The molecule has 1 aliphatic rings. The fourth-order valence-electron chi connectivity index (χ4n) is 3.70. The van der Waals surface area contributed by atoms with Crippen molar-refractivity contribution in [2.24, 2.45) is 0 Å². The maximum absolute atomic E-state index is 13.1. The van der Waals surface area contributed by atoms with Gasteiger partial charge in [0.15, 0.2) is 0 Å². The first kappa shape index (κ1) is 21.4. The van der Waals surface area contributed by atoms with Crippen LogP contribution in [-0.2, 0) is 10.0 Å². The summed E-state index contributed by atoms with van der Waals surface area (Å²) in [6, 6.07) is 4.99. The Kier molecular flexibility index (Phi) is 6.01. The lowest BCUT2D eigenvalue weighted by atomic mass is 9.98. The number of sulfonamides is 1. The van der Waals surface area contributed by atoms with Crippen molar-refractivity contribution in [1.82, 2.24) is 24.5 Å². The van der Waals surface area contributed by atoms with Gasteiger partial charge in [-0.1, -0.05) is 0 Å². The molecular formula is C21H25N5O4S. The third kappa shape index (κ3) is 4.31. The van der Waals surface area contributed by atoms with Gasteiger partial charge in [0, 0.05) is 25.2 Å². The summed E-state index contributed by atoms with van der Waals surface area (Å²) in [6.07, 6.45) is 4.34. The quantitative estimate of drug-likeness (QED) is 0.571. The summed E-state index contributed by atoms with van der Waals surface area (Å²) in [7, 11) is -3.57. The second kappa shape index (κ2) is 8.72. The van der Waals surface area contributed by atoms with Crippen LogP contribution in [0.1, 0.15) is 42.8 Å². The van der Waals surface area contributed by atoms with Gasteiger partial charge >= 0.3 is 0 Å². The molecule has 164 valence electrons. The van der Waals surface area contributed by atoms with Crippen molar-refractivity contribution in [2.75, 3.05) is 19.7 Å². The Labute approximate surface area is 181 Å². The number of hydrogen-bond acceptors (Lipinski definition) is 8.